The molecule has 2 aliphatic rings. The van der Waals surface area contributed by atoms with Crippen LogP contribution in [0.5, 0.6) is 5.75 Å². The molecule has 1 amide bonds. The zero-order valence-corrected chi connectivity index (χ0v) is 13.9. The van der Waals surface area contributed by atoms with Gasteiger partial charge in [-0.3, -0.25) is 4.79 Å². The maximum absolute atomic E-state index is 12.6. The Morgan fingerprint density at radius 1 is 1.32 bits per heavy atom. The first-order valence-corrected chi connectivity index (χ1v) is 8.61. The second-order valence-electron chi connectivity index (χ2n) is 7.07. The molecule has 1 N–H and O–H groups in total. The lowest BCUT2D eigenvalue weighted by molar-refractivity contribution is -0.129. The Morgan fingerprint density at radius 2 is 2.14 bits per heavy atom. The largest absolute Gasteiger partial charge is 0.480 e. The van der Waals surface area contributed by atoms with Gasteiger partial charge in [0.05, 0.1) is 0 Å². The zero-order chi connectivity index (χ0) is 15.7. The molecule has 2 saturated carbocycles. The van der Waals surface area contributed by atoms with Gasteiger partial charge in [-0.05, 0) is 68.6 Å². The Hall–Kier alpha value is -1.51. The first-order valence-electron chi connectivity index (χ1n) is 8.61. The van der Waals surface area contributed by atoms with Gasteiger partial charge in [0.1, 0.15) is 5.75 Å². The van der Waals surface area contributed by atoms with Gasteiger partial charge >= 0.3 is 0 Å². The van der Waals surface area contributed by atoms with Gasteiger partial charge < -0.3 is 10.1 Å². The third kappa shape index (κ3) is 3.13. The Labute approximate surface area is 133 Å². The first kappa shape index (κ1) is 15.4. The van der Waals surface area contributed by atoms with E-state index < -0.39 is 0 Å². The summed E-state index contributed by atoms with van der Waals surface area (Å²) in [5, 5.41) is 3.25. The van der Waals surface area contributed by atoms with E-state index in [0.717, 1.165) is 29.2 Å². The number of hydrogen-bond acceptors (Lipinski definition) is 2. The fourth-order valence-corrected chi connectivity index (χ4v) is 4.01. The van der Waals surface area contributed by atoms with E-state index in [9.17, 15) is 4.79 Å². The molecule has 3 rings (SSSR count). The second kappa shape index (κ2) is 6.31. The number of benzene rings is 1. The van der Waals surface area contributed by atoms with E-state index in [4.69, 9.17) is 4.74 Å². The standard InChI is InChI=1S/C19H27NO2/c1-4-17(22-18-9-12(2)5-6-13(18)3)19(21)20-16-11-14-7-8-15(16)10-14/h5-6,9,14-17H,4,7-8,10-11H2,1-3H3,(H,20,21)/t14-,15-,16+,17+/m1/s1. The summed E-state index contributed by atoms with van der Waals surface area (Å²) in [6, 6.07) is 6.51. The molecular weight excluding hydrogens is 274 g/mol. The van der Waals surface area contributed by atoms with E-state index in [0.29, 0.717) is 18.4 Å². The lowest BCUT2D eigenvalue weighted by atomic mass is 9.95. The number of carbonyl (C=O) groups excluding carboxylic acids is 1. The molecule has 22 heavy (non-hydrogen) atoms. The summed E-state index contributed by atoms with van der Waals surface area (Å²) in [4.78, 5) is 12.6. The fourth-order valence-electron chi connectivity index (χ4n) is 4.01. The van der Waals surface area contributed by atoms with Crippen LogP contribution in [0.15, 0.2) is 18.2 Å². The van der Waals surface area contributed by atoms with Crippen LogP contribution in [0.4, 0.5) is 0 Å². The molecule has 3 heteroatoms. The van der Waals surface area contributed by atoms with Crippen LogP contribution in [0, 0.1) is 25.7 Å². The molecule has 120 valence electrons. The Kier molecular flexibility index (Phi) is 4.42. The highest BCUT2D eigenvalue weighted by molar-refractivity contribution is 5.81. The highest BCUT2D eigenvalue weighted by Crippen LogP contribution is 2.44. The molecule has 0 aromatic heterocycles. The minimum atomic E-state index is -0.389. The topological polar surface area (TPSA) is 38.3 Å². The van der Waals surface area contributed by atoms with Crippen LogP contribution in [0.25, 0.3) is 0 Å². The Morgan fingerprint density at radius 3 is 2.77 bits per heavy atom. The average molecular weight is 301 g/mol. The minimum Gasteiger partial charge on any atom is -0.480 e. The van der Waals surface area contributed by atoms with Gasteiger partial charge in [0.2, 0.25) is 0 Å². The average Bonchev–Trinajstić information content (AvgIpc) is 3.10. The van der Waals surface area contributed by atoms with Gasteiger partial charge in [0.25, 0.3) is 5.91 Å². The van der Waals surface area contributed by atoms with E-state index in [2.05, 4.69) is 11.4 Å². The Bertz CT molecular complexity index is 554. The van der Waals surface area contributed by atoms with E-state index in [1.165, 1.54) is 19.3 Å². The van der Waals surface area contributed by atoms with E-state index >= 15 is 0 Å². The van der Waals surface area contributed by atoms with Gasteiger partial charge in [0, 0.05) is 6.04 Å². The van der Waals surface area contributed by atoms with Gasteiger partial charge in [-0.1, -0.05) is 25.5 Å². The molecule has 2 aliphatic carbocycles. The second-order valence-corrected chi connectivity index (χ2v) is 7.07. The maximum Gasteiger partial charge on any atom is 0.261 e. The zero-order valence-electron chi connectivity index (χ0n) is 13.9. The summed E-state index contributed by atoms with van der Waals surface area (Å²) in [5.41, 5.74) is 2.24. The molecule has 0 unspecified atom stereocenters. The number of rotatable bonds is 5. The van der Waals surface area contributed by atoms with Crippen LogP contribution >= 0.6 is 0 Å². The monoisotopic (exact) mass is 301 g/mol. The number of nitrogens with one attached hydrogen (secondary N) is 1. The molecule has 2 fully saturated rings. The van der Waals surface area contributed by atoms with E-state index in [-0.39, 0.29) is 12.0 Å². The maximum atomic E-state index is 12.6. The number of hydrogen-bond donors (Lipinski definition) is 1. The van der Waals surface area contributed by atoms with Crippen molar-refractivity contribution in [2.24, 2.45) is 11.8 Å². The van der Waals surface area contributed by atoms with Crippen molar-refractivity contribution in [2.75, 3.05) is 0 Å². The predicted molar refractivity (Wildman–Crippen MR) is 88.0 cm³/mol. The van der Waals surface area contributed by atoms with Gasteiger partial charge in [-0.25, -0.2) is 0 Å². The van der Waals surface area contributed by atoms with Crippen LogP contribution < -0.4 is 10.1 Å². The summed E-state index contributed by atoms with van der Waals surface area (Å²) >= 11 is 0. The quantitative estimate of drug-likeness (QED) is 0.899. The number of aryl methyl sites for hydroxylation is 2. The van der Waals surface area contributed by atoms with E-state index in [1.54, 1.807) is 0 Å². The molecular formula is C19H27NO2. The third-order valence-corrected chi connectivity index (χ3v) is 5.34. The molecule has 1 aromatic rings. The van der Waals surface area contributed by atoms with Crippen LogP contribution in [-0.2, 0) is 4.79 Å². The normalized spacial score (nSPS) is 27.7. The number of ether oxygens (including phenoxy) is 1. The van der Waals surface area contributed by atoms with Gasteiger partial charge in [-0.15, -0.1) is 0 Å². The fraction of sp³-hybridized carbons (Fsp3) is 0.632. The van der Waals surface area contributed by atoms with Crippen molar-refractivity contribution in [3.63, 3.8) is 0 Å². The molecule has 0 radical (unpaired) electrons. The van der Waals surface area contributed by atoms with E-state index in [1.807, 2.05) is 32.9 Å². The number of carbonyl (C=O) groups is 1. The van der Waals surface area contributed by atoms with Gasteiger partial charge in [0.15, 0.2) is 6.10 Å². The predicted octanol–water partition coefficient (Wildman–Crippen LogP) is 3.77. The molecule has 0 aliphatic heterocycles. The van der Waals surface area contributed by atoms with Crippen molar-refractivity contribution in [3.05, 3.63) is 29.3 Å². The van der Waals surface area contributed by atoms with Crippen LogP contribution in [0.1, 0.15) is 50.2 Å². The molecule has 4 atom stereocenters. The Balaban J connectivity index is 1.63. The van der Waals surface area contributed by atoms with Crippen molar-refractivity contribution in [2.45, 2.75) is 65.0 Å². The molecule has 0 spiro atoms. The summed E-state index contributed by atoms with van der Waals surface area (Å²) in [5.74, 6) is 2.43. The lowest BCUT2D eigenvalue weighted by Gasteiger charge is -2.26. The molecule has 3 nitrogen and oxygen atoms in total. The van der Waals surface area contributed by atoms with Crippen molar-refractivity contribution in [3.8, 4) is 5.75 Å². The van der Waals surface area contributed by atoms with Crippen LogP contribution in [-0.4, -0.2) is 18.1 Å². The molecule has 0 saturated heterocycles. The highest BCUT2D eigenvalue weighted by atomic mass is 16.5. The molecule has 0 heterocycles. The van der Waals surface area contributed by atoms with Crippen molar-refractivity contribution >= 4 is 5.91 Å². The molecule has 1 aromatic carbocycles. The van der Waals surface area contributed by atoms with Crippen LogP contribution in [0.2, 0.25) is 0 Å². The summed E-state index contributed by atoms with van der Waals surface area (Å²) < 4.78 is 6.02. The summed E-state index contributed by atoms with van der Waals surface area (Å²) in [6.45, 7) is 6.08. The summed E-state index contributed by atoms with van der Waals surface area (Å²) in [7, 11) is 0. The third-order valence-electron chi connectivity index (χ3n) is 5.34. The SMILES string of the molecule is CC[C@H](Oc1cc(C)ccc1C)C(=O)N[C@H]1C[C@@H]2CC[C@@H]1C2. The lowest BCUT2D eigenvalue weighted by Crippen LogP contribution is -2.45. The first-order chi connectivity index (χ1) is 10.6. The minimum absolute atomic E-state index is 0.0564. The smallest absolute Gasteiger partial charge is 0.261 e. The highest BCUT2D eigenvalue weighted by Gasteiger charge is 2.40. The number of fused-ring (bicyclic) bond motifs is 2. The van der Waals surface area contributed by atoms with Crippen molar-refractivity contribution in [1.29, 1.82) is 0 Å². The van der Waals surface area contributed by atoms with Crippen LogP contribution in [0.3, 0.4) is 0 Å². The summed E-state index contributed by atoms with van der Waals surface area (Å²) in [6.07, 6.45) is 5.41. The molecule has 2 bridgehead atoms. The van der Waals surface area contributed by atoms with Crippen molar-refractivity contribution < 1.29 is 9.53 Å². The number of amides is 1. The van der Waals surface area contributed by atoms with Gasteiger partial charge in [-0.2, -0.15) is 0 Å². The van der Waals surface area contributed by atoms with Crippen molar-refractivity contribution in [1.82, 2.24) is 5.32 Å².